The zero-order valence-electron chi connectivity index (χ0n) is 14.6. The molecule has 0 atom stereocenters. The molecule has 0 saturated heterocycles. The maximum absolute atomic E-state index is 12.3. The summed E-state index contributed by atoms with van der Waals surface area (Å²) in [6.07, 6.45) is 3.94. The van der Waals surface area contributed by atoms with E-state index in [0.29, 0.717) is 10.7 Å². The highest BCUT2D eigenvalue weighted by Gasteiger charge is 2.12. The van der Waals surface area contributed by atoms with Gasteiger partial charge >= 0.3 is 0 Å². The van der Waals surface area contributed by atoms with Crippen LogP contribution in [0.5, 0.6) is 5.75 Å². The van der Waals surface area contributed by atoms with Crippen LogP contribution in [0.2, 0.25) is 0 Å². The molecule has 1 aromatic heterocycles. The van der Waals surface area contributed by atoms with Gasteiger partial charge in [0.1, 0.15) is 17.4 Å². The molecule has 0 aliphatic carbocycles. The van der Waals surface area contributed by atoms with Crippen molar-refractivity contribution in [1.82, 2.24) is 4.98 Å². The van der Waals surface area contributed by atoms with Gasteiger partial charge in [-0.1, -0.05) is 42.0 Å². The average Bonchev–Trinajstić information content (AvgIpc) is 3.08. The fourth-order valence-electron chi connectivity index (χ4n) is 2.52. The number of phenolic OH excluding ortho intramolecular Hbond substituents is 1. The molecule has 134 valence electrons. The Hall–Kier alpha value is -3.43. The lowest BCUT2D eigenvalue weighted by atomic mass is 10.1. The summed E-state index contributed by atoms with van der Waals surface area (Å²) in [7, 11) is 0. The molecule has 0 unspecified atom stereocenters. The largest absolute Gasteiger partial charge is 0.508 e. The van der Waals surface area contributed by atoms with E-state index >= 15 is 0 Å². The number of nitrogens with one attached hydrogen (secondary N) is 1. The van der Waals surface area contributed by atoms with E-state index in [2.05, 4.69) is 22.4 Å². The minimum Gasteiger partial charge on any atom is -0.508 e. The van der Waals surface area contributed by atoms with E-state index in [1.165, 1.54) is 40.7 Å². The average molecular weight is 375 g/mol. The van der Waals surface area contributed by atoms with Crippen LogP contribution in [0.1, 0.15) is 21.6 Å². The summed E-state index contributed by atoms with van der Waals surface area (Å²) < 4.78 is 0. The number of thiazole rings is 1. The quantitative estimate of drug-likeness (QED) is 0.514. The van der Waals surface area contributed by atoms with Crippen LogP contribution in [0.4, 0.5) is 5.13 Å². The lowest BCUT2D eigenvalue weighted by Crippen LogP contribution is -2.13. The van der Waals surface area contributed by atoms with E-state index in [9.17, 15) is 15.2 Å². The second-order valence-electron chi connectivity index (χ2n) is 6.01. The standard InChI is InChI=1S/C21H17N3O2S/c1-14-3-2-4-16(9-14)11-19-13-23-21(27-19)24-20(26)17(12-22)10-15-5-7-18(25)8-6-15/h2-10,13,25H,11H2,1H3,(H,23,24,26). The van der Waals surface area contributed by atoms with Gasteiger partial charge < -0.3 is 5.11 Å². The summed E-state index contributed by atoms with van der Waals surface area (Å²) in [5.41, 5.74) is 3.00. The summed E-state index contributed by atoms with van der Waals surface area (Å²) in [4.78, 5) is 17.6. The Labute approximate surface area is 161 Å². The van der Waals surface area contributed by atoms with Crippen LogP contribution in [-0.4, -0.2) is 16.0 Å². The first-order chi connectivity index (χ1) is 13.0. The van der Waals surface area contributed by atoms with Crippen molar-refractivity contribution in [3.8, 4) is 11.8 Å². The van der Waals surface area contributed by atoms with E-state index in [4.69, 9.17) is 0 Å². The normalized spacial score (nSPS) is 11.0. The van der Waals surface area contributed by atoms with Gasteiger partial charge in [0.2, 0.25) is 0 Å². The summed E-state index contributed by atoms with van der Waals surface area (Å²) in [5, 5.41) is 21.7. The molecule has 0 radical (unpaired) electrons. The first-order valence-electron chi connectivity index (χ1n) is 8.26. The molecule has 0 bridgehead atoms. The van der Waals surface area contributed by atoms with Gasteiger partial charge in [0.15, 0.2) is 5.13 Å². The number of phenols is 1. The molecule has 0 saturated carbocycles. The van der Waals surface area contributed by atoms with E-state index < -0.39 is 5.91 Å². The fraction of sp³-hybridized carbons (Fsp3) is 0.0952. The van der Waals surface area contributed by atoms with Gasteiger partial charge in [-0.15, -0.1) is 11.3 Å². The van der Waals surface area contributed by atoms with E-state index in [1.807, 2.05) is 25.1 Å². The van der Waals surface area contributed by atoms with Gasteiger partial charge in [-0.2, -0.15) is 5.26 Å². The van der Waals surface area contributed by atoms with E-state index in [0.717, 1.165) is 11.3 Å². The first-order valence-corrected chi connectivity index (χ1v) is 9.07. The van der Waals surface area contributed by atoms with Crippen LogP contribution in [0, 0.1) is 18.3 Å². The Morgan fingerprint density at radius 2 is 2.07 bits per heavy atom. The topological polar surface area (TPSA) is 86.0 Å². The molecule has 1 amide bonds. The highest BCUT2D eigenvalue weighted by atomic mass is 32.1. The summed E-state index contributed by atoms with van der Waals surface area (Å²) in [6.45, 7) is 2.05. The fourth-order valence-corrected chi connectivity index (χ4v) is 3.36. The molecule has 27 heavy (non-hydrogen) atoms. The molecule has 3 aromatic rings. The first kappa shape index (κ1) is 18.4. The predicted molar refractivity (Wildman–Crippen MR) is 106 cm³/mol. The number of hydrogen-bond donors (Lipinski definition) is 2. The van der Waals surface area contributed by atoms with Gasteiger partial charge in [0.25, 0.3) is 5.91 Å². The van der Waals surface area contributed by atoms with Gasteiger partial charge in [0, 0.05) is 17.5 Å². The van der Waals surface area contributed by atoms with Crippen molar-refractivity contribution in [1.29, 1.82) is 5.26 Å². The number of hydrogen-bond acceptors (Lipinski definition) is 5. The number of benzene rings is 2. The van der Waals surface area contributed by atoms with E-state index in [-0.39, 0.29) is 11.3 Å². The number of nitrogens with zero attached hydrogens (tertiary/aromatic N) is 2. The molecular formula is C21H17N3O2S. The van der Waals surface area contributed by atoms with Crippen molar-refractivity contribution < 1.29 is 9.90 Å². The third kappa shape index (κ3) is 5.03. The number of nitriles is 1. The molecule has 0 aliphatic rings. The van der Waals surface area contributed by atoms with Crippen LogP contribution in [0.15, 0.2) is 60.3 Å². The lowest BCUT2D eigenvalue weighted by Gasteiger charge is -2.01. The van der Waals surface area contributed by atoms with Crippen LogP contribution in [0.25, 0.3) is 6.08 Å². The minimum atomic E-state index is -0.512. The van der Waals surface area contributed by atoms with Crippen molar-refractivity contribution in [3.05, 3.63) is 81.9 Å². The number of anilines is 1. The maximum Gasteiger partial charge on any atom is 0.268 e. The maximum atomic E-state index is 12.3. The molecule has 2 aromatic carbocycles. The van der Waals surface area contributed by atoms with Crippen molar-refractivity contribution >= 4 is 28.5 Å². The zero-order valence-corrected chi connectivity index (χ0v) is 15.5. The highest BCUT2D eigenvalue weighted by Crippen LogP contribution is 2.22. The number of aryl methyl sites for hydroxylation is 1. The minimum absolute atomic E-state index is 0.0314. The monoisotopic (exact) mass is 375 g/mol. The van der Waals surface area contributed by atoms with E-state index in [1.54, 1.807) is 18.3 Å². The number of amides is 1. The molecule has 6 heteroatoms. The molecule has 2 N–H and O–H groups in total. The van der Waals surface area contributed by atoms with Crippen molar-refractivity contribution in [2.75, 3.05) is 5.32 Å². The summed E-state index contributed by atoms with van der Waals surface area (Å²) in [5.74, 6) is -0.388. The van der Waals surface area contributed by atoms with Crippen molar-refractivity contribution in [2.45, 2.75) is 13.3 Å². The van der Waals surface area contributed by atoms with Gasteiger partial charge in [-0.3, -0.25) is 10.1 Å². The summed E-state index contributed by atoms with van der Waals surface area (Å²) >= 11 is 1.39. The van der Waals surface area contributed by atoms with Gasteiger partial charge in [0.05, 0.1) is 0 Å². The number of aromatic hydroxyl groups is 1. The van der Waals surface area contributed by atoms with Gasteiger partial charge in [-0.05, 0) is 36.3 Å². The van der Waals surface area contributed by atoms with Crippen molar-refractivity contribution in [3.63, 3.8) is 0 Å². The van der Waals surface area contributed by atoms with Crippen LogP contribution in [-0.2, 0) is 11.2 Å². The molecule has 3 rings (SSSR count). The number of rotatable bonds is 5. The Morgan fingerprint density at radius 3 is 2.78 bits per heavy atom. The van der Waals surface area contributed by atoms with Crippen LogP contribution in [0.3, 0.4) is 0 Å². The molecule has 0 aliphatic heterocycles. The Balaban J connectivity index is 1.69. The van der Waals surface area contributed by atoms with Crippen LogP contribution < -0.4 is 5.32 Å². The number of carbonyl (C=O) groups is 1. The molecule has 5 nitrogen and oxygen atoms in total. The van der Waals surface area contributed by atoms with Crippen LogP contribution >= 0.6 is 11.3 Å². The highest BCUT2D eigenvalue weighted by molar-refractivity contribution is 7.15. The summed E-state index contributed by atoms with van der Waals surface area (Å²) in [6, 6.07) is 16.4. The predicted octanol–water partition coefficient (Wildman–Crippen LogP) is 4.29. The Kier molecular flexibility index (Phi) is 5.64. The smallest absolute Gasteiger partial charge is 0.268 e. The molecule has 0 fully saturated rings. The molecule has 1 heterocycles. The van der Waals surface area contributed by atoms with Crippen molar-refractivity contribution in [2.24, 2.45) is 0 Å². The third-order valence-electron chi connectivity index (χ3n) is 3.80. The molecule has 0 spiro atoms. The van der Waals surface area contributed by atoms with Gasteiger partial charge in [-0.25, -0.2) is 4.98 Å². The SMILES string of the molecule is Cc1cccc(Cc2cnc(NC(=O)C(C#N)=Cc3ccc(O)cc3)s2)c1. The second-order valence-corrected chi connectivity index (χ2v) is 7.13. The number of aromatic nitrogens is 1. The molecular weight excluding hydrogens is 358 g/mol. The lowest BCUT2D eigenvalue weighted by molar-refractivity contribution is -0.112. The zero-order chi connectivity index (χ0) is 19.2. The Morgan fingerprint density at radius 1 is 1.30 bits per heavy atom. The second kappa shape index (κ2) is 8.30. The Bertz CT molecular complexity index is 1030. The third-order valence-corrected chi connectivity index (χ3v) is 4.72. The number of carbonyl (C=O) groups excluding carboxylic acids is 1.